The molecule has 0 radical (unpaired) electrons. The monoisotopic (exact) mass is 266 g/mol. The van der Waals surface area contributed by atoms with Gasteiger partial charge in [-0.3, -0.25) is 10.1 Å². The number of nitro groups is 1. The number of aromatic nitrogens is 1. The number of rotatable bonds is 5. The predicted octanol–water partition coefficient (Wildman–Crippen LogP) is 2.18. The summed E-state index contributed by atoms with van der Waals surface area (Å²) in [5.74, 6) is 0. The minimum atomic E-state index is -0.405. The molecule has 0 aliphatic carbocycles. The van der Waals surface area contributed by atoms with Gasteiger partial charge in [0.25, 0.3) is 5.69 Å². The van der Waals surface area contributed by atoms with Crippen molar-refractivity contribution in [2.75, 3.05) is 32.5 Å². The van der Waals surface area contributed by atoms with Gasteiger partial charge in [0.1, 0.15) is 0 Å². The van der Waals surface area contributed by atoms with E-state index in [1.165, 1.54) is 23.5 Å². The van der Waals surface area contributed by atoms with Crippen LogP contribution in [0.1, 0.15) is 0 Å². The molecule has 1 N–H and O–H groups in total. The molecule has 0 amide bonds. The van der Waals surface area contributed by atoms with Crippen LogP contribution in [0.4, 0.5) is 10.8 Å². The van der Waals surface area contributed by atoms with Gasteiger partial charge in [-0.05, 0) is 20.2 Å². The Morgan fingerprint density at radius 2 is 2.28 bits per heavy atom. The van der Waals surface area contributed by atoms with Gasteiger partial charge in [0, 0.05) is 25.2 Å². The SMILES string of the molecule is CN(C)CCNc1nc2cc([N+](=O)[O-])ccc2s1. The van der Waals surface area contributed by atoms with Crippen molar-refractivity contribution < 1.29 is 4.92 Å². The molecule has 0 atom stereocenters. The fourth-order valence-corrected chi connectivity index (χ4v) is 2.36. The average molecular weight is 266 g/mol. The van der Waals surface area contributed by atoms with Crippen molar-refractivity contribution in [3.8, 4) is 0 Å². The van der Waals surface area contributed by atoms with Gasteiger partial charge in [-0.2, -0.15) is 0 Å². The molecule has 0 saturated carbocycles. The highest BCUT2D eigenvalue weighted by Crippen LogP contribution is 2.28. The van der Waals surface area contributed by atoms with Crippen molar-refractivity contribution in [2.45, 2.75) is 0 Å². The third-order valence-electron chi connectivity index (χ3n) is 2.42. The molecule has 0 unspecified atom stereocenters. The van der Waals surface area contributed by atoms with Crippen LogP contribution in [0.15, 0.2) is 18.2 Å². The Morgan fingerprint density at radius 3 is 2.94 bits per heavy atom. The summed E-state index contributed by atoms with van der Waals surface area (Å²) in [5, 5.41) is 14.7. The smallest absolute Gasteiger partial charge is 0.271 e. The van der Waals surface area contributed by atoms with Crippen LogP contribution in [0.2, 0.25) is 0 Å². The lowest BCUT2D eigenvalue weighted by Crippen LogP contribution is -2.20. The van der Waals surface area contributed by atoms with Crippen molar-refractivity contribution in [1.29, 1.82) is 0 Å². The first-order valence-corrected chi connectivity index (χ1v) is 6.31. The number of hydrogen-bond acceptors (Lipinski definition) is 6. The van der Waals surface area contributed by atoms with Crippen LogP contribution < -0.4 is 5.32 Å². The topological polar surface area (TPSA) is 71.3 Å². The number of non-ortho nitro benzene ring substituents is 1. The molecule has 0 spiro atoms. The first kappa shape index (κ1) is 12.7. The number of thiazole rings is 1. The van der Waals surface area contributed by atoms with Gasteiger partial charge < -0.3 is 10.2 Å². The summed E-state index contributed by atoms with van der Waals surface area (Å²) < 4.78 is 0.952. The van der Waals surface area contributed by atoms with Crippen molar-refractivity contribution in [2.24, 2.45) is 0 Å². The number of fused-ring (bicyclic) bond motifs is 1. The molecular formula is C11H14N4O2S. The van der Waals surface area contributed by atoms with E-state index in [1.807, 2.05) is 14.1 Å². The molecule has 0 aliphatic rings. The van der Waals surface area contributed by atoms with Crippen molar-refractivity contribution in [3.05, 3.63) is 28.3 Å². The van der Waals surface area contributed by atoms with Gasteiger partial charge in [0.05, 0.1) is 15.1 Å². The van der Waals surface area contributed by atoms with Crippen LogP contribution >= 0.6 is 11.3 Å². The Hall–Kier alpha value is -1.73. The van der Waals surface area contributed by atoms with E-state index in [-0.39, 0.29) is 5.69 Å². The van der Waals surface area contributed by atoms with E-state index in [4.69, 9.17) is 0 Å². The van der Waals surface area contributed by atoms with Gasteiger partial charge in [-0.1, -0.05) is 11.3 Å². The van der Waals surface area contributed by atoms with Crippen LogP contribution in [-0.4, -0.2) is 42.0 Å². The molecule has 6 nitrogen and oxygen atoms in total. The van der Waals surface area contributed by atoms with Crippen LogP contribution in [0, 0.1) is 10.1 Å². The summed E-state index contributed by atoms with van der Waals surface area (Å²) in [6.45, 7) is 1.71. The molecule has 7 heteroatoms. The van der Waals surface area contributed by atoms with Crippen LogP contribution in [0.5, 0.6) is 0 Å². The number of likely N-dealkylation sites (N-methyl/N-ethyl adjacent to an activating group) is 1. The zero-order valence-electron chi connectivity index (χ0n) is 10.2. The van der Waals surface area contributed by atoms with Crippen LogP contribution in [0.3, 0.4) is 0 Å². The highest BCUT2D eigenvalue weighted by atomic mass is 32.1. The van der Waals surface area contributed by atoms with Gasteiger partial charge in [-0.25, -0.2) is 4.98 Å². The van der Waals surface area contributed by atoms with Crippen LogP contribution in [-0.2, 0) is 0 Å². The number of benzene rings is 1. The van der Waals surface area contributed by atoms with Crippen LogP contribution in [0.25, 0.3) is 10.2 Å². The molecule has 1 aromatic heterocycles. The summed E-state index contributed by atoms with van der Waals surface area (Å²) in [7, 11) is 4.01. The summed E-state index contributed by atoms with van der Waals surface area (Å²) in [5.41, 5.74) is 0.745. The maximum atomic E-state index is 10.7. The zero-order valence-corrected chi connectivity index (χ0v) is 11.0. The number of hydrogen-bond donors (Lipinski definition) is 1. The third-order valence-corrected chi connectivity index (χ3v) is 3.41. The molecule has 1 aromatic carbocycles. The lowest BCUT2D eigenvalue weighted by molar-refractivity contribution is -0.384. The first-order valence-electron chi connectivity index (χ1n) is 5.50. The fourth-order valence-electron chi connectivity index (χ4n) is 1.49. The summed E-state index contributed by atoms with van der Waals surface area (Å²) >= 11 is 1.51. The summed E-state index contributed by atoms with van der Waals surface area (Å²) in [4.78, 5) is 16.7. The molecule has 0 aliphatic heterocycles. The number of nitrogens with one attached hydrogen (secondary N) is 1. The van der Waals surface area contributed by atoms with Crippen molar-refractivity contribution in [1.82, 2.24) is 9.88 Å². The van der Waals surface area contributed by atoms with E-state index in [1.54, 1.807) is 6.07 Å². The van der Waals surface area contributed by atoms with Crippen molar-refractivity contribution >= 4 is 32.4 Å². The fraction of sp³-hybridized carbons (Fsp3) is 0.364. The maximum absolute atomic E-state index is 10.7. The van der Waals surface area contributed by atoms with E-state index in [9.17, 15) is 10.1 Å². The second-order valence-electron chi connectivity index (χ2n) is 4.16. The second-order valence-corrected chi connectivity index (χ2v) is 5.19. The predicted molar refractivity (Wildman–Crippen MR) is 73.3 cm³/mol. The number of anilines is 1. The Labute approximate surface area is 108 Å². The molecular weight excluding hydrogens is 252 g/mol. The average Bonchev–Trinajstić information content (AvgIpc) is 2.69. The maximum Gasteiger partial charge on any atom is 0.271 e. The molecule has 2 aromatic rings. The Balaban J connectivity index is 2.14. The van der Waals surface area contributed by atoms with Gasteiger partial charge in [-0.15, -0.1) is 0 Å². The lowest BCUT2D eigenvalue weighted by Gasteiger charge is -2.08. The number of nitrogens with zero attached hydrogens (tertiary/aromatic N) is 3. The molecule has 0 bridgehead atoms. The Bertz CT molecular complexity index is 567. The normalized spacial score (nSPS) is 11.1. The largest absolute Gasteiger partial charge is 0.360 e. The second kappa shape index (κ2) is 5.28. The number of nitro benzene ring substituents is 1. The van der Waals surface area contributed by atoms with Gasteiger partial charge in [0.15, 0.2) is 5.13 Å². The molecule has 96 valence electrons. The van der Waals surface area contributed by atoms with E-state index >= 15 is 0 Å². The van der Waals surface area contributed by atoms with E-state index in [0.717, 1.165) is 22.9 Å². The third kappa shape index (κ3) is 2.93. The van der Waals surface area contributed by atoms with Gasteiger partial charge >= 0.3 is 0 Å². The molecule has 0 saturated heterocycles. The highest BCUT2D eigenvalue weighted by molar-refractivity contribution is 7.22. The van der Waals surface area contributed by atoms with Gasteiger partial charge in [0.2, 0.25) is 0 Å². The first-order chi connectivity index (χ1) is 8.56. The Kier molecular flexibility index (Phi) is 3.73. The molecule has 18 heavy (non-hydrogen) atoms. The highest BCUT2D eigenvalue weighted by Gasteiger charge is 2.09. The zero-order chi connectivity index (χ0) is 13.1. The van der Waals surface area contributed by atoms with E-state index in [2.05, 4.69) is 15.2 Å². The lowest BCUT2D eigenvalue weighted by atomic mass is 10.3. The van der Waals surface area contributed by atoms with E-state index in [0.29, 0.717) is 5.52 Å². The molecule has 0 fully saturated rings. The van der Waals surface area contributed by atoms with E-state index < -0.39 is 4.92 Å². The Morgan fingerprint density at radius 1 is 1.50 bits per heavy atom. The van der Waals surface area contributed by atoms with Crippen molar-refractivity contribution in [3.63, 3.8) is 0 Å². The molecule has 1 heterocycles. The molecule has 2 rings (SSSR count). The standard InChI is InChI=1S/C11H14N4O2S/c1-14(2)6-5-12-11-13-9-7-8(15(16)17)3-4-10(9)18-11/h3-4,7H,5-6H2,1-2H3,(H,12,13). The quantitative estimate of drug-likeness (QED) is 0.663. The minimum Gasteiger partial charge on any atom is -0.360 e. The summed E-state index contributed by atoms with van der Waals surface area (Å²) in [6.07, 6.45) is 0. The summed E-state index contributed by atoms with van der Waals surface area (Å²) in [6, 6.07) is 4.75. The minimum absolute atomic E-state index is 0.0765.